The monoisotopic (exact) mass is 501 g/mol. The molecule has 3 aliphatic heterocycles. The van der Waals surface area contributed by atoms with Crippen molar-refractivity contribution in [3.05, 3.63) is 58.6 Å². The number of fused-ring (bicyclic) bond motifs is 3. The van der Waals surface area contributed by atoms with E-state index in [1.165, 1.54) is 24.3 Å². The summed E-state index contributed by atoms with van der Waals surface area (Å²) < 4.78 is 68.4. The number of ether oxygens (including phenoxy) is 2. The first-order chi connectivity index (χ1) is 15.3. The Morgan fingerprint density at radius 1 is 1.16 bits per heavy atom. The average Bonchev–Trinajstić information content (AvgIpc) is 3.29. The zero-order valence-corrected chi connectivity index (χ0v) is 19.4. The van der Waals surface area contributed by atoms with E-state index in [0.717, 1.165) is 24.4 Å². The van der Waals surface area contributed by atoms with E-state index in [1.54, 1.807) is 11.8 Å². The van der Waals surface area contributed by atoms with Gasteiger partial charge in [-0.3, -0.25) is 0 Å². The van der Waals surface area contributed by atoms with Gasteiger partial charge in [0.05, 0.1) is 28.5 Å². The van der Waals surface area contributed by atoms with Gasteiger partial charge in [-0.05, 0) is 49.2 Å². The van der Waals surface area contributed by atoms with Crippen molar-refractivity contribution in [2.45, 2.75) is 34.0 Å². The largest absolute Gasteiger partial charge is 0.490 e. The lowest BCUT2D eigenvalue weighted by Crippen LogP contribution is -2.58. The molecule has 0 aromatic heterocycles. The van der Waals surface area contributed by atoms with Crippen molar-refractivity contribution in [1.82, 2.24) is 5.32 Å². The number of hydrogen-bond donors (Lipinski definition) is 1. The number of halogens is 3. The highest BCUT2D eigenvalue weighted by Crippen LogP contribution is 2.56. The summed E-state index contributed by atoms with van der Waals surface area (Å²) >= 11 is 7.72. The van der Waals surface area contributed by atoms with Crippen molar-refractivity contribution >= 4 is 33.2 Å². The summed E-state index contributed by atoms with van der Waals surface area (Å²) in [6.45, 7) is 0.892. The van der Waals surface area contributed by atoms with Crippen molar-refractivity contribution in [1.29, 1.82) is 0 Å². The number of nitrogens with one attached hydrogen (secondary N) is 1. The van der Waals surface area contributed by atoms with Gasteiger partial charge in [-0.2, -0.15) is 0 Å². The highest BCUT2D eigenvalue weighted by Gasteiger charge is 2.61. The normalized spacial score (nSPS) is 29.8. The minimum absolute atomic E-state index is 0.00109. The van der Waals surface area contributed by atoms with Crippen LogP contribution in [0.25, 0.3) is 0 Å². The topological polar surface area (TPSA) is 64.6 Å². The molecule has 5 nitrogen and oxygen atoms in total. The van der Waals surface area contributed by atoms with Crippen LogP contribution >= 0.6 is 23.4 Å². The minimum atomic E-state index is -4.17. The van der Waals surface area contributed by atoms with Crippen LogP contribution in [0.15, 0.2) is 41.3 Å². The van der Waals surface area contributed by atoms with Crippen molar-refractivity contribution in [3.63, 3.8) is 0 Å². The van der Waals surface area contributed by atoms with Crippen molar-refractivity contribution in [2.24, 2.45) is 5.92 Å². The number of sulfone groups is 1. The van der Waals surface area contributed by atoms with Crippen molar-refractivity contribution < 1.29 is 26.7 Å². The zero-order chi connectivity index (χ0) is 22.5. The predicted octanol–water partition coefficient (Wildman–Crippen LogP) is 4.14. The smallest absolute Gasteiger partial charge is 0.189 e. The molecule has 0 spiro atoms. The molecule has 0 saturated carbocycles. The molecular formula is C22H22ClF2NO4S2. The summed E-state index contributed by atoms with van der Waals surface area (Å²) in [5.74, 6) is -1.65. The molecule has 5 rings (SSSR count). The molecule has 4 atom stereocenters. The van der Waals surface area contributed by atoms with Gasteiger partial charge in [0, 0.05) is 29.8 Å². The van der Waals surface area contributed by atoms with Crippen molar-refractivity contribution in [2.75, 3.05) is 25.5 Å². The molecule has 1 N–H and O–H groups in total. The molecule has 0 aliphatic carbocycles. The Morgan fingerprint density at radius 3 is 2.62 bits per heavy atom. The molecular weight excluding hydrogens is 480 g/mol. The van der Waals surface area contributed by atoms with Gasteiger partial charge in [0.1, 0.15) is 10.6 Å². The summed E-state index contributed by atoms with van der Waals surface area (Å²) in [6, 6.07) is 7.73. The maximum Gasteiger partial charge on any atom is 0.189 e. The molecule has 1 unspecified atom stereocenters. The van der Waals surface area contributed by atoms with Crippen LogP contribution in [0, 0.1) is 17.6 Å². The Bertz CT molecular complexity index is 1130. The van der Waals surface area contributed by atoms with Crippen LogP contribution in [0.3, 0.4) is 0 Å². The third kappa shape index (κ3) is 3.44. The molecule has 2 fully saturated rings. The molecule has 0 amide bonds. The molecule has 0 bridgehead atoms. The summed E-state index contributed by atoms with van der Waals surface area (Å²) in [4.78, 5) is 0.0115. The maximum absolute atomic E-state index is 15.3. The number of rotatable bonds is 4. The van der Waals surface area contributed by atoms with Gasteiger partial charge in [0.25, 0.3) is 0 Å². The standard InChI is InChI=1S/C22H22ClF2NO4S2/c23-13-1-3-14(4-2-13)32(27,28)22-7-9-29-18(11-19-26-8-10-31-19)15(22)12-30-21-17(25)6-5-16(24)20(21)22/h1-6,15,18-19,26H,7-12H2/t15-,18-,19?,22-/m0/s1. The second-order valence-electron chi connectivity index (χ2n) is 8.21. The van der Waals surface area contributed by atoms with Crippen LogP contribution in [-0.2, 0) is 19.3 Å². The van der Waals surface area contributed by atoms with Crippen LogP contribution in [-0.4, -0.2) is 45.4 Å². The predicted molar refractivity (Wildman–Crippen MR) is 119 cm³/mol. The van der Waals surface area contributed by atoms with Crippen LogP contribution in [0.1, 0.15) is 18.4 Å². The first kappa shape index (κ1) is 22.4. The van der Waals surface area contributed by atoms with Gasteiger partial charge in [0.2, 0.25) is 0 Å². The molecule has 2 aromatic carbocycles. The van der Waals surface area contributed by atoms with E-state index in [9.17, 15) is 12.8 Å². The molecule has 10 heteroatoms. The fraction of sp³-hybridized carbons (Fsp3) is 0.455. The number of hydrogen-bond acceptors (Lipinski definition) is 6. The van der Waals surface area contributed by atoms with Crippen LogP contribution in [0.4, 0.5) is 8.78 Å². The highest BCUT2D eigenvalue weighted by molar-refractivity contribution is 8.00. The lowest BCUT2D eigenvalue weighted by Gasteiger charge is -2.50. The van der Waals surface area contributed by atoms with Gasteiger partial charge in [-0.25, -0.2) is 17.2 Å². The fourth-order valence-electron chi connectivity index (χ4n) is 5.12. The lowest BCUT2D eigenvalue weighted by molar-refractivity contribution is -0.0763. The Morgan fingerprint density at radius 2 is 1.91 bits per heavy atom. The third-order valence-electron chi connectivity index (χ3n) is 6.59. The van der Waals surface area contributed by atoms with Gasteiger partial charge in [-0.1, -0.05) is 11.6 Å². The van der Waals surface area contributed by atoms with Gasteiger partial charge < -0.3 is 14.8 Å². The second kappa shape index (κ2) is 8.43. The van der Waals surface area contributed by atoms with Gasteiger partial charge >= 0.3 is 0 Å². The molecule has 3 aliphatic rings. The SMILES string of the molecule is O=S(=O)(c1ccc(Cl)cc1)[C@@]12CCO[C@@H](CC3NCCS3)[C@@H]1COc1c(F)ccc(F)c12. The van der Waals surface area contributed by atoms with Crippen molar-refractivity contribution in [3.8, 4) is 5.75 Å². The van der Waals surface area contributed by atoms with Crippen LogP contribution in [0.5, 0.6) is 5.75 Å². The van der Waals surface area contributed by atoms with Gasteiger partial charge in [-0.15, -0.1) is 11.8 Å². The quantitative estimate of drug-likeness (QED) is 0.679. The molecule has 0 radical (unpaired) electrons. The number of benzene rings is 2. The van der Waals surface area contributed by atoms with Gasteiger partial charge in [0.15, 0.2) is 21.4 Å². The Balaban J connectivity index is 1.70. The second-order valence-corrected chi connectivity index (χ2v) is 12.2. The van der Waals surface area contributed by atoms with E-state index in [1.807, 2.05) is 0 Å². The van der Waals surface area contributed by atoms with E-state index in [4.69, 9.17) is 21.1 Å². The van der Waals surface area contributed by atoms with E-state index >= 15 is 4.39 Å². The lowest BCUT2D eigenvalue weighted by atomic mass is 9.75. The molecule has 3 heterocycles. The van der Waals surface area contributed by atoms with E-state index < -0.39 is 38.2 Å². The average molecular weight is 502 g/mol. The zero-order valence-electron chi connectivity index (χ0n) is 17.0. The van der Waals surface area contributed by atoms with Crippen LogP contribution in [0.2, 0.25) is 5.02 Å². The van der Waals surface area contributed by atoms with Crippen LogP contribution < -0.4 is 10.1 Å². The highest BCUT2D eigenvalue weighted by atomic mass is 35.5. The Labute approximate surface area is 194 Å². The minimum Gasteiger partial charge on any atom is -0.490 e. The summed E-state index contributed by atoms with van der Waals surface area (Å²) in [5, 5.41) is 3.86. The summed E-state index contributed by atoms with van der Waals surface area (Å²) in [6.07, 6.45) is 0.0500. The fourth-order valence-corrected chi connectivity index (χ4v) is 8.68. The summed E-state index contributed by atoms with van der Waals surface area (Å²) in [5.41, 5.74) is -0.232. The third-order valence-corrected chi connectivity index (χ3v) is 10.6. The maximum atomic E-state index is 15.3. The van der Waals surface area contributed by atoms with E-state index in [2.05, 4.69) is 5.32 Å². The van der Waals surface area contributed by atoms with E-state index in [0.29, 0.717) is 11.4 Å². The molecule has 172 valence electrons. The number of thioether (sulfide) groups is 1. The molecule has 2 saturated heterocycles. The first-order valence-electron chi connectivity index (χ1n) is 10.4. The Kier molecular flexibility index (Phi) is 5.90. The summed E-state index contributed by atoms with van der Waals surface area (Å²) in [7, 11) is -4.17. The first-order valence-corrected chi connectivity index (χ1v) is 13.3. The van der Waals surface area contributed by atoms with E-state index in [-0.39, 0.29) is 41.2 Å². The Hall–Kier alpha value is -1.39. The molecule has 32 heavy (non-hydrogen) atoms. The molecule has 2 aromatic rings.